The van der Waals surface area contributed by atoms with E-state index in [2.05, 4.69) is 27.8 Å². The summed E-state index contributed by atoms with van der Waals surface area (Å²) in [6.45, 7) is 4.33. The molecule has 1 aliphatic heterocycles. The van der Waals surface area contributed by atoms with Gasteiger partial charge in [0.25, 0.3) is 0 Å². The fourth-order valence-corrected chi connectivity index (χ4v) is 2.81. The lowest BCUT2D eigenvalue weighted by Gasteiger charge is -2.30. The highest BCUT2D eigenvalue weighted by molar-refractivity contribution is 9.10. The Morgan fingerprint density at radius 1 is 1.50 bits per heavy atom. The maximum absolute atomic E-state index is 6.27. The zero-order valence-corrected chi connectivity index (χ0v) is 11.2. The molecule has 0 bridgehead atoms. The maximum atomic E-state index is 6.27. The fraction of sp³-hybridized carbons (Fsp3) is 0.667. The molecule has 3 nitrogen and oxygen atoms in total. The van der Waals surface area contributed by atoms with Gasteiger partial charge < -0.3 is 10.2 Å². The molecule has 16 heavy (non-hydrogen) atoms. The Morgan fingerprint density at radius 3 is 2.94 bits per heavy atom. The minimum Gasteiger partial charge on any atom is -0.453 e. The minimum atomic E-state index is 0.181. The Morgan fingerprint density at radius 2 is 2.31 bits per heavy atom. The molecular formula is C12H19BrN2O. The van der Waals surface area contributed by atoms with Crippen LogP contribution in [0.5, 0.6) is 0 Å². The number of furan rings is 1. The molecule has 2 unspecified atom stereocenters. The van der Waals surface area contributed by atoms with Gasteiger partial charge in [-0.15, -0.1) is 0 Å². The van der Waals surface area contributed by atoms with Gasteiger partial charge in [-0.1, -0.05) is 13.3 Å². The summed E-state index contributed by atoms with van der Waals surface area (Å²) >= 11 is 3.35. The molecule has 2 heterocycles. The second kappa shape index (κ2) is 5.34. The Labute approximate surface area is 105 Å². The number of hydrogen-bond donors (Lipinski definition) is 1. The molecule has 1 aliphatic rings. The van der Waals surface area contributed by atoms with E-state index in [1.807, 2.05) is 12.1 Å². The van der Waals surface area contributed by atoms with Gasteiger partial charge in [0.2, 0.25) is 0 Å². The highest BCUT2D eigenvalue weighted by Crippen LogP contribution is 2.31. The van der Waals surface area contributed by atoms with Gasteiger partial charge in [-0.25, -0.2) is 0 Å². The van der Waals surface area contributed by atoms with E-state index in [0.29, 0.717) is 0 Å². The Kier molecular flexibility index (Phi) is 4.05. The lowest BCUT2D eigenvalue weighted by molar-refractivity contribution is 0.169. The van der Waals surface area contributed by atoms with E-state index < -0.39 is 0 Å². The monoisotopic (exact) mass is 286 g/mol. The summed E-state index contributed by atoms with van der Waals surface area (Å²) in [4.78, 5) is 2.42. The molecule has 90 valence electrons. The molecule has 1 aromatic heterocycles. The predicted molar refractivity (Wildman–Crippen MR) is 68.2 cm³/mol. The van der Waals surface area contributed by atoms with Crippen LogP contribution in [-0.4, -0.2) is 24.0 Å². The van der Waals surface area contributed by atoms with Crippen molar-refractivity contribution in [2.24, 2.45) is 5.73 Å². The molecule has 0 amide bonds. The Balaban J connectivity index is 2.25. The van der Waals surface area contributed by atoms with Gasteiger partial charge >= 0.3 is 0 Å². The SMILES string of the molecule is CCN1CCCCC(N)C1c1ccc(Br)o1. The average Bonchev–Trinajstić information content (AvgIpc) is 2.59. The minimum absolute atomic E-state index is 0.181. The van der Waals surface area contributed by atoms with Crippen molar-refractivity contribution < 1.29 is 4.42 Å². The largest absolute Gasteiger partial charge is 0.453 e. The summed E-state index contributed by atoms with van der Waals surface area (Å²) in [5.74, 6) is 0.989. The first-order valence-electron chi connectivity index (χ1n) is 5.97. The van der Waals surface area contributed by atoms with Crippen LogP contribution in [0.25, 0.3) is 0 Å². The van der Waals surface area contributed by atoms with Gasteiger partial charge in [-0.3, -0.25) is 4.90 Å². The third-order valence-corrected chi connectivity index (χ3v) is 3.75. The van der Waals surface area contributed by atoms with Crippen molar-refractivity contribution >= 4 is 15.9 Å². The van der Waals surface area contributed by atoms with Crippen LogP contribution in [0.4, 0.5) is 0 Å². The van der Waals surface area contributed by atoms with Crippen LogP contribution in [-0.2, 0) is 0 Å². The third-order valence-electron chi connectivity index (χ3n) is 3.32. The molecule has 2 atom stereocenters. The number of halogens is 1. The average molecular weight is 287 g/mol. The van der Waals surface area contributed by atoms with Crippen molar-refractivity contribution in [2.45, 2.75) is 38.3 Å². The first-order valence-corrected chi connectivity index (χ1v) is 6.76. The third kappa shape index (κ3) is 2.50. The van der Waals surface area contributed by atoms with E-state index in [1.54, 1.807) is 0 Å². The molecule has 0 radical (unpaired) electrons. The summed E-state index contributed by atoms with van der Waals surface area (Å²) in [5.41, 5.74) is 6.27. The van der Waals surface area contributed by atoms with Crippen molar-refractivity contribution in [3.05, 3.63) is 22.6 Å². The molecule has 0 saturated carbocycles. The first kappa shape index (κ1) is 12.1. The van der Waals surface area contributed by atoms with Crippen LogP contribution in [0.15, 0.2) is 21.2 Å². The van der Waals surface area contributed by atoms with Gasteiger partial charge in [0.15, 0.2) is 4.67 Å². The van der Waals surface area contributed by atoms with Crippen LogP contribution >= 0.6 is 15.9 Å². The number of nitrogens with zero attached hydrogens (tertiary/aromatic N) is 1. The fourth-order valence-electron chi connectivity index (χ4n) is 2.50. The molecule has 0 aromatic carbocycles. The number of likely N-dealkylation sites (N-methyl/N-ethyl adjacent to an activating group) is 1. The summed E-state index contributed by atoms with van der Waals surface area (Å²) in [5, 5.41) is 0. The molecule has 2 N–H and O–H groups in total. The predicted octanol–water partition coefficient (Wildman–Crippen LogP) is 2.92. The van der Waals surface area contributed by atoms with Crippen molar-refractivity contribution in [1.82, 2.24) is 4.90 Å². The van der Waals surface area contributed by atoms with Gasteiger partial charge in [0, 0.05) is 6.04 Å². The van der Waals surface area contributed by atoms with Crippen LogP contribution in [0.1, 0.15) is 38.0 Å². The van der Waals surface area contributed by atoms with Crippen molar-refractivity contribution in [3.63, 3.8) is 0 Å². The number of likely N-dealkylation sites (tertiary alicyclic amines) is 1. The smallest absolute Gasteiger partial charge is 0.169 e. The quantitative estimate of drug-likeness (QED) is 0.909. The van der Waals surface area contributed by atoms with E-state index in [0.717, 1.165) is 29.9 Å². The lowest BCUT2D eigenvalue weighted by atomic mass is 10.0. The molecule has 0 spiro atoms. The molecule has 2 rings (SSSR count). The van der Waals surface area contributed by atoms with E-state index in [-0.39, 0.29) is 12.1 Å². The molecular weight excluding hydrogens is 268 g/mol. The topological polar surface area (TPSA) is 42.4 Å². The van der Waals surface area contributed by atoms with Crippen molar-refractivity contribution in [1.29, 1.82) is 0 Å². The second-order valence-corrected chi connectivity index (χ2v) is 5.16. The summed E-state index contributed by atoms with van der Waals surface area (Å²) in [7, 11) is 0. The number of hydrogen-bond acceptors (Lipinski definition) is 3. The highest BCUT2D eigenvalue weighted by Gasteiger charge is 2.30. The van der Waals surface area contributed by atoms with Gasteiger partial charge in [0.1, 0.15) is 5.76 Å². The summed E-state index contributed by atoms with van der Waals surface area (Å²) in [6.07, 6.45) is 3.54. The standard InChI is InChI=1S/C12H19BrN2O/c1-2-15-8-4-3-5-9(14)12(15)10-6-7-11(13)16-10/h6-7,9,12H,2-5,8,14H2,1H3. The van der Waals surface area contributed by atoms with Gasteiger partial charge in [0.05, 0.1) is 6.04 Å². The molecule has 1 saturated heterocycles. The van der Waals surface area contributed by atoms with Crippen LogP contribution in [0.3, 0.4) is 0 Å². The van der Waals surface area contributed by atoms with E-state index in [1.165, 1.54) is 12.8 Å². The zero-order chi connectivity index (χ0) is 11.5. The Bertz CT molecular complexity index is 340. The summed E-state index contributed by atoms with van der Waals surface area (Å²) < 4.78 is 6.46. The molecule has 1 aromatic rings. The zero-order valence-electron chi connectivity index (χ0n) is 9.66. The van der Waals surface area contributed by atoms with E-state index in [4.69, 9.17) is 10.2 Å². The van der Waals surface area contributed by atoms with Crippen LogP contribution < -0.4 is 5.73 Å². The molecule has 4 heteroatoms. The van der Waals surface area contributed by atoms with E-state index >= 15 is 0 Å². The van der Waals surface area contributed by atoms with Crippen LogP contribution in [0.2, 0.25) is 0 Å². The number of rotatable bonds is 2. The highest BCUT2D eigenvalue weighted by atomic mass is 79.9. The number of nitrogens with two attached hydrogens (primary N) is 1. The molecule has 0 aliphatic carbocycles. The van der Waals surface area contributed by atoms with Crippen molar-refractivity contribution in [3.8, 4) is 0 Å². The maximum Gasteiger partial charge on any atom is 0.169 e. The van der Waals surface area contributed by atoms with Gasteiger partial charge in [-0.05, 0) is 54.0 Å². The van der Waals surface area contributed by atoms with E-state index in [9.17, 15) is 0 Å². The van der Waals surface area contributed by atoms with Gasteiger partial charge in [-0.2, -0.15) is 0 Å². The summed E-state index contributed by atoms with van der Waals surface area (Å²) in [6, 6.07) is 4.39. The Hall–Kier alpha value is -0.320. The first-order chi connectivity index (χ1) is 7.72. The molecule has 1 fully saturated rings. The normalized spacial score (nSPS) is 27.9. The second-order valence-electron chi connectivity index (χ2n) is 4.37. The van der Waals surface area contributed by atoms with Crippen LogP contribution in [0, 0.1) is 0 Å². The lowest BCUT2D eigenvalue weighted by Crippen LogP contribution is -2.39. The van der Waals surface area contributed by atoms with Crippen molar-refractivity contribution in [2.75, 3.05) is 13.1 Å².